The number of rotatable bonds is 9. The zero-order valence-corrected chi connectivity index (χ0v) is 20.5. The second-order valence-electron chi connectivity index (χ2n) is 8.25. The summed E-state index contributed by atoms with van der Waals surface area (Å²) in [7, 11) is 4.04. The van der Waals surface area contributed by atoms with Crippen molar-refractivity contribution in [3.8, 4) is 5.69 Å². The lowest BCUT2D eigenvalue weighted by molar-refractivity contribution is -0.118. The molecule has 0 bridgehead atoms. The summed E-state index contributed by atoms with van der Waals surface area (Å²) in [4.78, 5) is 17.0. The Morgan fingerprint density at radius 1 is 1.09 bits per heavy atom. The predicted molar refractivity (Wildman–Crippen MR) is 134 cm³/mol. The first kappa shape index (κ1) is 23.6. The van der Waals surface area contributed by atoms with E-state index in [1.807, 2.05) is 61.1 Å². The molecule has 7 nitrogen and oxygen atoms in total. The van der Waals surface area contributed by atoms with Crippen molar-refractivity contribution >= 4 is 35.2 Å². The first-order chi connectivity index (χ1) is 16.0. The van der Waals surface area contributed by atoms with Crippen LogP contribution in [0.1, 0.15) is 24.4 Å². The normalized spacial score (nSPS) is 14.6. The first-order valence-corrected chi connectivity index (χ1v) is 12.5. The molecule has 0 unspecified atom stereocenters. The van der Waals surface area contributed by atoms with Crippen LogP contribution >= 0.6 is 23.4 Å². The van der Waals surface area contributed by atoms with Crippen molar-refractivity contribution in [1.82, 2.24) is 25.0 Å². The van der Waals surface area contributed by atoms with Gasteiger partial charge in [-0.3, -0.25) is 9.36 Å². The minimum atomic E-state index is -0.0424. The van der Waals surface area contributed by atoms with Gasteiger partial charge in [0.15, 0.2) is 5.16 Å². The van der Waals surface area contributed by atoms with Crippen LogP contribution in [-0.4, -0.2) is 65.1 Å². The van der Waals surface area contributed by atoms with E-state index in [1.165, 1.54) is 17.3 Å². The molecule has 1 amide bonds. The standard InChI is InChI=1S/C24H29ClN6OS/c1-29(2)21(18-10-4-3-5-11-18)16-26-22(32)17-33-24-28-27-23(30-14-8-9-15-30)31(24)20-13-7-6-12-19(20)25/h3-7,10-13,21H,8-9,14-17H2,1-2H3,(H,26,32)/t21-/m1/s1. The minimum absolute atomic E-state index is 0.0424. The van der Waals surface area contributed by atoms with Crippen LogP contribution in [0, 0.1) is 0 Å². The molecule has 174 valence electrons. The van der Waals surface area contributed by atoms with E-state index in [0.717, 1.165) is 37.6 Å². The van der Waals surface area contributed by atoms with Crippen molar-refractivity contribution in [3.63, 3.8) is 0 Å². The number of benzene rings is 2. The number of nitrogens with one attached hydrogen (secondary N) is 1. The van der Waals surface area contributed by atoms with Crippen LogP contribution in [0.2, 0.25) is 5.02 Å². The average Bonchev–Trinajstić information content (AvgIpc) is 3.48. The summed E-state index contributed by atoms with van der Waals surface area (Å²) >= 11 is 7.89. The summed E-state index contributed by atoms with van der Waals surface area (Å²) in [6.07, 6.45) is 2.27. The molecular formula is C24H29ClN6OS. The fourth-order valence-electron chi connectivity index (χ4n) is 3.99. The molecule has 0 spiro atoms. The van der Waals surface area contributed by atoms with Gasteiger partial charge in [-0.1, -0.05) is 65.8 Å². The van der Waals surface area contributed by atoms with E-state index in [2.05, 4.69) is 37.4 Å². The zero-order valence-electron chi connectivity index (χ0n) is 18.9. The van der Waals surface area contributed by atoms with Gasteiger partial charge in [-0.05, 0) is 44.6 Å². The van der Waals surface area contributed by atoms with Crippen LogP contribution < -0.4 is 10.2 Å². The Hall–Kier alpha value is -2.55. The maximum absolute atomic E-state index is 12.7. The van der Waals surface area contributed by atoms with E-state index >= 15 is 0 Å². The second-order valence-corrected chi connectivity index (χ2v) is 9.60. The molecule has 1 atom stereocenters. The van der Waals surface area contributed by atoms with Crippen molar-refractivity contribution in [2.24, 2.45) is 0 Å². The molecule has 0 saturated carbocycles. The number of aromatic nitrogens is 3. The number of thioether (sulfide) groups is 1. The van der Waals surface area contributed by atoms with Gasteiger partial charge in [-0.2, -0.15) is 0 Å². The van der Waals surface area contributed by atoms with Crippen LogP contribution in [0.3, 0.4) is 0 Å². The number of hydrogen-bond donors (Lipinski definition) is 1. The number of para-hydroxylation sites is 1. The maximum atomic E-state index is 12.7. The Morgan fingerprint density at radius 2 is 1.79 bits per heavy atom. The molecular weight excluding hydrogens is 456 g/mol. The Morgan fingerprint density at radius 3 is 2.48 bits per heavy atom. The van der Waals surface area contributed by atoms with Crippen molar-refractivity contribution in [3.05, 3.63) is 65.2 Å². The lowest BCUT2D eigenvalue weighted by Gasteiger charge is -2.25. The average molecular weight is 485 g/mol. The van der Waals surface area contributed by atoms with Crippen molar-refractivity contribution < 1.29 is 4.79 Å². The Labute approximate surface area is 204 Å². The summed E-state index contributed by atoms with van der Waals surface area (Å²) in [5.74, 6) is 0.983. The molecule has 9 heteroatoms. The molecule has 1 N–H and O–H groups in total. The van der Waals surface area contributed by atoms with Gasteiger partial charge in [0.05, 0.1) is 22.5 Å². The SMILES string of the molecule is CN(C)[C@H](CNC(=O)CSc1nnc(N2CCCC2)n1-c1ccccc1Cl)c1ccccc1. The highest BCUT2D eigenvalue weighted by Crippen LogP contribution is 2.31. The van der Waals surface area contributed by atoms with E-state index in [0.29, 0.717) is 16.7 Å². The van der Waals surface area contributed by atoms with Gasteiger partial charge < -0.3 is 15.1 Å². The van der Waals surface area contributed by atoms with Gasteiger partial charge in [0.1, 0.15) is 0 Å². The van der Waals surface area contributed by atoms with Gasteiger partial charge in [0.25, 0.3) is 0 Å². The fourth-order valence-corrected chi connectivity index (χ4v) is 4.98. The van der Waals surface area contributed by atoms with Crippen molar-refractivity contribution in [2.75, 3.05) is 44.4 Å². The predicted octanol–water partition coefficient (Wildman–Crippen LogP) is 4.03. The first-order valence-electron chi connectivity index (χ1n) is 11.1. The van der Waals surface area contributed by atoms with Crippen LogP contribution in [0.15, 0.2) is 59.8 Å². The van der Waals surface area contributed by atoms with E-state index in [4.69, 9.17) is 11.6 Å². The van der Waals surface area contributed by atoms with E-state index in [1.54, 1.807) is 0 Å². The minimum Gasteiger partial charge on any atom is -0.353 e. The van der Waals surface area contributed by atoms with Gasteiger partial charge in [-0.25, -0.2) is 0 Å². The molecule has 0 radical (unpaired) electrons. The molecule has 1 saturated heterocycles. The topological polar surface area (TPSA) is 66.3 Å². The van der Waals surface area contributed by atoms with Crippen LogP contribution in [0.4, 0.5) is 5.95 Å². The van der Waals surface area contributed by atoms with Gasteiger partial charge in [0, 0.05) is 19.6 Å². The molecule has 4 rings (SSSR count). The summed E-state index contributed by atoms with van der Waals surface area (Å²) in [5, 5.41) is 13.2. The third kappa shape index (κ3) is 5.69. The van der Waals surface area contributed by atoms with Crippen LogP contribution in [0.25, 0.3) is 5.69 Å². The quantitative estimate of drug-likeness (QED) is 0.462. The molecule has 1 fully saturated rings. The highest BCUT2D eigenvalue weighted by Gasteiger charge is 2.24. The lowest BCUT2D eigenvalue weighted by atomic mass is 10.1. The number of carbonyl (C=O) groups excluding carboxylic acids is 1. The molecule has 2 aromatic carbocycles. The third-order valence-corrected chi connectivity index (χ3v) is 6.98. The molecule has 1 aliphatic heterocycles. The molecule has 1 aliphatic rings. The number of halogens is 1. The van der Waals surface area contributed by atoms with E-state index in [-0.39, 0.29) is 17.7 Å². The van der Waals surface area contributed by atoms with Crippen molar-refractivity contribution in [2.45, 2.75) is 24.0 Å². The highest BCUT2D eigenvalue weighted by molar-refractivity contribution is 7.99. The second kappa shape index (κ2) is 11.0. The zero-order chi connectivity index (χ0) is 23.2. The molecule has 33 heavy (non-hydrogen) atoms. The largest absolute Gasteiger partial charge is 0.353 e. The van der Waals surface area contributed by atoms with Gasteiger partial charge in [-0.15, -0.1) is 10.2 Å². The number of hydrogen-bond acceptors (Lipinski definition) is 6. The molecule has 2 heterocycles. The van der Waals surface area contributed by atoms with E-state index < -0.39 is 0 Å². The molecule has 1 aromatic heterocycles. The van der Waals surface area contributed by atoms with Gasteiger partial charge >= 0.3 is 0 Å². The van der Waals surface area contributed by atoms with E-state index in [9.17, 15) is 4.79 Å². The number of carbonyl (C=O) groups is 1. The Bertz CT molecular complexity index is 1070. The number of amides is 1. The number of anilines is 1. The maximum Gasteiger partial charge on any atom is 0.232 e. The number of likely N-dealkylation sites (N-methyl/N-ethyl adjacent to an activating group) is 1. The Kier molecular flexibility index (Phi) is 7.90. The molecule has 0 aliphatic carbocycles. The van der Waals surface area contributed by atoms with Gasteiger partial charge in [0.2, 0.25) is 11.9 Å². The summed E-state index contributed by atoms with van der Waals surface area (Å²) < 4.78 is 1.97. The summed E-state index contributed by atoms with van der Waals surface area (Å²) in [6.45, 7) is 2.42. The molecule has 3 aromatic rings. The Balaban J connectivity index is 1.46. The highest BCUT2D eigenvalue weighted by atomic mass is 35.5. The fraction of sp³-hybridized carbons (Fsp3) is 0.375. The number of nitrogens with zero attached hydrogens (tertiary/aromatic N) is 5. The summed E-state index contributed by atoms with van der Waals surface area (Å²) in [6, 6.07) is 18.0. The third-order valence-electron chi connectivity index (χ3n) is 5.73. The lowest BCUT2D eigenvalue weighted by Crippen LogP contribution is -2.35. The van der Waals surface area contributed by atoms with Crippen LogP contribution in [0.5, 0.6) is 0 Å². The summed E-state index contributed by atoms with van der Waals surface area (Å²) in [5.41, 5.74) is 2.00. The van der Waals surface area contributed by atoms with Crippen LogP contribution in [-0.2, 0) is 4.79 Å². The van der Waals surface area contributed by atoms with Crippen molar-refractivity contribution in [1.29, 1.82) is 0 Å². The smallest absolute Gasteiger partial charge is 0.232 e. The monoisotopic (exact) mass is 484 g/mol.